The summed E-state index contributed by atoms with van der Waals surface area (Å²) >= 11 is 0. The minimum atomic E-state index is 0.0955. The Hall–Kier alpha value is -1.09. The van der Waals surface area contributed by atoms with Crippen LogP contribution in [-0.4, -0.2) is 4.57 Å². The van der Waals surface area contributed by atoms with Crippen LogP contribution in [0.15, 0.2) is 16.9 Å². The fourth-order valence-corrected chi connectivity index (χ4v) is 1.87. The van der Waals surface area contributed by atoms with Crippen LogP contribution in [-0.2, 0) is 13.1 Å². The molecule has 1 aliphatic carbocycles. The average molecular weight is 206 g/mol. The van der Waals surface area contributed by atoms with Crippen molar-refractivity contribution < 1.29 is 0 Å². The van der Waals surface area contributed by atoms with Crippen LogP contribution in [0, 0.1) is 12.8 Å². The lowest BCUT2D eigenvalue weighted by Gasteiger charge is -2.10. The second kappa shape index (κ2) is 4.19. The topological polar surface area (TPSA) is 48.0 Å². The van der Waals surface area contributed by atoms with Gasteiger partial charge in [0.2, 0.25) is 0 Å². The predicted molar refractivity (Wildman–Crippen MR) is 60.7 cm³/mol. The summed E-state index contributed by atoms with van der Waals surface area (Å²) in [5, 5.41) is 0. The molecule has 0 saturated heterocycles. The first-order valence-corrected chi connectivity index (χ1v) is 5.61. The van der Waals surface area contributed by atoms with E-state index in [0.717, 1.165) is 30.1 Å². The summed E-state index contributed by atoms with van der Waals surface area (Å²) in [6.07, 6.45) is 3.81. The Bertz CT molecular complexity index is 405. The molecule has 2 rings (SSSR count). The van der Waals surface area contributed by atoms with Gasteiger partial charge in [0.15, 0.2) is 0 Å². The third-order valence-corrected chi connectivity index (χ3v) is 3.15. The van der Waals surface area contributed by atoms with Gasteiger partial charge >= 0.3 is 0 Å². The van der Waals surface area contributed by atoms with Crippen molar-refractivity contribution in [2.24, 2.45) is 11.7 Å². The van der Waals surface area contributed by atoms with Crippen LogP contribution >= 0.6 is 0 Å². The van der Waals surface area contributed by atoms with Gasteiger partial charge in [0.25, 0.3) is 5.56 Å². The highest BCUT2D eigenvalue weighted by Gasteiger charge is 2.21. The molecule has 1 aliphatic rings. The Balaban J connectivity index is 2.22. The summed E-state index contributed by atoms with van der Waals surface area (Å²) in [7, 11) is 0. The zero-order valence-corrected chi connectivity index (χ0v) is 9.20. The zero-order chi connectivity index (χ0) is 10.8. The first-order chi connectivity index (χ1) is 7.22. The predicted octanol–water partition coefficient (Wildman–Crippen LogP) is 1.42. The van der Waals surface area contributed by atoms with Crippen LogP contribution in [0.1, 0.15) is 30.5 Å². The highest BCUT2D eigenvalue weighted by atomic mass is 16.1. The molecule has 1 heterocycles. The molecule has 0 atom stereocenters. The maximum atomic E-state index is 11.9. The highest BCUT2D eigenvalue weighted by molar-refractivity contribution is 5.15. The molecule has 1 fully saturated rings. The maximum absolute atomic E-state index is 11.9. The fraction of sp³-hybridized carbons (Fsp3) is 0.583. The maximum Gasteiger partial charge on any atom is 0.255 e. The van der Waals surface area contributed by atoms with Crippen LogP contribution < -0.4 is 11.3 Å². The lowest BCUT2D eigenvalue weighted by atomic mass is 10.2. The molecule has 1 aromatic heterocycles. The lowest BCUT2D eigenvalue weighted by Crippen LogP contribution is -2.27. The molecule has 2 N–H and O–H groups in total. The Morgan fingerprint density at radius 1 is 1.47 bits per heavy atom. The molecule has 3 heteroatoms. The number of nitrogens with two attached hydrogens (primary N) is 1. The Morgan fingerprint density at radius 2 is 2.20 bits per heavy atom. The summed E-state index contributed by atoms with van der Waals surface area (Å²) < 4.78 is 1.86. The molecule has 0 aliphatic heterocycles. The van der Waals surface area contributed by atoms with Crippen LogP contribution in [0.4, 0.5) is 0 Å². The summed E-state index contributed by atoms with van der Waals surface area (Å²) in [6, 6.07) is 3.82. The summed E-state index contributed by atoms with van der Waals surface area (Å²) in [4.78, 5) is 11.9. The van der Waals surface area contributed by atoms with Gasteiger partial charge < -0.3 is 10.3 Å². The van der Waals surface area contributed by atoms with E-state index in [-0.39, 0.29) is 5.56 Å². The second-order valence-electron chi connectivity index (χ2n) is 4.39. The van der Waals surface area contributed by atoms with Crippen molar-refractivity contribution in [3.05, 3.63) is 33.7 Å². The number of aryl methyl sites for hydroxylation is 1. The Morgan fingerprint density at radius 3 is 2.80 bits per heavy atom. The third kappa shape index (κ3) is 2.29. The molecular formula is C12H18N2O. The molecule has 0 radical (unpaired) electrons. The minimum absolute atomic E-state index is 0.0955. The normalized spacial score (nSPS) is 15.6. The van der Waals surface area contributed by atoms with Crippen LogP contribution in [0.2, 0.25) is 0 Å². The monoisotopic (exact) mass is 206 g/mol. The number of hydrogen-bond acceptors (Lipinski definition) is 2. The van der Waals surface area contributed by atoms with Gasteiger partial charge in [-0.3, -0.25) is 4.79 Å². The van der Waals surface area contributed by atoms with Gasteiger partial charge in [-0.1, -0.05) is 18.9 Å². The lowest BCUT2D eigenvalue weighted by molar-refractivity contribution is 0.566. The van der Waals surface area contributed by atoms with Crippen LogP contribution in [0.25, 0.3) is 0 Å². The molecule has 15 heavy (non-hydrogen) atoms. The minimum Gasteiger partial charge on any atom is -0.326 e. The van der Waals surface area contributed by atoms with Crippen molar-refractivity contribution >= 4 is 0 Å². The van der Waals surface area contributed by atoms with E-state index in [9.17, 15) is 4.79 Å². The van der Waals surface area contributed by atoms with Gasteiger partial charge in [-0.15, -0.1) is 0 Å². The molecule has 0 unspecified atom stereocenters. The van der Waals surface area contributed by atoms with E-state index in [0.29, 0.717) is 6.54 Å². The number of rotatable bonds is 4. The van der Waals surface area contributed by atoms with E-state index in [1.54, 1.807) is 0 Å². The van der Waals surface area contributed by atoms with E-state index < -0.39 is 0 Å². The Kier molecular flexibility index (Phi) is 2.91. The highest BCUT2D eigenvalue weighted by Crippen LogP contribution is 2.32. The van der Waals surface area contributed by atoms with Crippen molar-refractivity contribution in [1.29, 1.82) is 0 Å². The molecule has 82 valence electrons. The molecule has 3 nitrogen and oxygen atoms in total. The number of hydrogen-bond donors (Lipinski definition) is 1. The van der Waals surface area contributed by atoms with Crippen LogP contribution in [0.3, 0.4) is 0 Å². The molecule has 0 bridgehead atoms. The van der Waals surface area contributed by atoms with E-state index >= 15 is 0 Å². The quantitative estimate of drug-likeness (QED) is 0.809. The number of aromatic nitrogens is 1. The number of pyridine rings is 1. The van der Waals surface area contributed by atoms with E-state index in [4.69, 9.17) is 5.73 Å². The summed E-state index contributed by atoms with van der Waals surface area (Å²) in [6.45, 7) is 3.17. The SMILES string of the molecule is Cc1ccc(CN)c(=O)n1CCC1CC1. The van der Waals surface area contributed by atoms with Gasteiger partial charge in [0, 0.05) is 24.3 Å². The van der Waals surface area contributed by atoms with Gasteiger partial charge in [-0.25, -0.2) is 0 Å². The van der Waals surface area contributed by atoms with Crippen molar-refractivity contribution in [2.45, 2.75) is 39.3 Å². The zero-order valence-electron chi connectivity index (χ0n) is 9.20. The first kappa shape index (κ1) is 10.4. The third-order valence-electron chi connectivity index (χ3n) is 3.15. The molecule has 0 amide bonds. The van der Waals surface area contributed by atoms with Gasteiger partial charge in [-0.05, 0) is 25.3 Å². The van der Waals surface area contributed by atoms with Crippen molar-refractivity contribution in [2.75, 3.05) is 0 Å². The second-order valence-corrected chi connectivity index (χ2v) is 4.39. The van der Waals surface area contributed by atoms with Crippen molar-refractivity contribution in [1.82, 2.24) is 4.57 Å². The Labute approximate surface area is 89.9 Å². The van der Waals surface area contributed by atoms with Crippen molar-refractivity contribution in [3.63, 3.8) is 0 Å². The van der Waals surface area contributed by atoms with E-state index in [1.807, 2.05) is 23.6 Å². The fourth-order valence-electron chi connectivity index (χ4n) is 1.87. The van der Waals surface area contributed by atoms with E-state index in [2.05, 4.69) is 0 Å². The first-order valence-electron chi connectivity index (χ1n) is 5.61. The molecule has 0 aromatic carbocycles. The largest absolute Gasteiger partial charge is 0.326 e. The van der Waals surface area contributed by atoms with Gasteiger partial charge in [0.05, 0.1) is 0 Å². The average Bonchev–Trinajstić information content (AvgIpc) is 3.02. The number of nitrogens with zero attached hydrogens (tertiary/aromatic N) is 1. The molecule has 1 saturated carbocycles. The summed E-state index contributed by atoms with van der Waals surface area (Å²) in [5.74, 6) is 0.859. The van der Waals surface area contributed by atoms with Crippen LogP contribution in [0.5, 0.6) is 0 Å². The van der Waals surface area contributed by atoms with Gasteiger partial charge in [0.1, 0.15) is 0 Å². The van der Waals surface area contributed by atoms with E-state index in [1.165, 1.54) is 12.8 Å². The molecular weight excluding hydrogens is 188 g/mol. The van der Waals surface area contributed by atoms with Crippen molar-refractivity contribution in [3.8, 4) is 0 Å². The smallest absolute Gasteiger partial charge is 0.255 e. The van der Waals surface area contributed by atoms with Gasteiger partial charge in [-0.2, -0.15) is 0 Å². The standard InChI is InChI=1S/C12H18N2O/c1-9-2-5-11(8-13)12(15)14(9)7-6-10-3-4-10/h2,5,10H,3-4,6-8,13H2,1H3. The summed E-state index contributed by atoms with van der Waals surface area (Å²) in [5.41, 5.74) is 7.38. The molecule has 0 spiro atoms. The molecule has 1 aromatic rings.